The van der Waals surface area contributed by atoms with E-state index < -0.39 is 0 Å². The third kappa shape index (κ3) is 2.89. The van der Waals surface area contributed by atoms with Gasteiger partial charge < -0.3 is 16.4 Å². The molecule has 86 valence electrons. The number of carbonyl (C=O) groups excluding carboxylic acids is 1. The molecule has 1 aromatic carbocycles. The average Bonchev–Trinajstić information content (AvgIpc) is 3.04. The summed E-state index contributed by atoms with van der Waals surface area (Å²) < 4.78 is 0. The van der Waals surface area contributed by atoms with Crippen LogP contribution in [-0.2, 0) is 0 Å². The largest absolute Gasteiger partial charge is 0.399 e. The second kappa shape index (κ2) is 4.43. The molecule has 16 heavy (non-hydrogen) atoms. The fourth-order valence-corrected chi connectivity index (χ4v) is 1.65. The first-order valence-corrected chi connectivity index (χ1v) is 5.58. The van der Waals surface area contributed by atoms with E-state index >= 15 is 0 Å². The Balaban J connectivity index is 1.84. The van der Waals surface area contributed by atoms with Gasteiger partial charge in [-0.3, -0.25) is 0 Å². The molecule has 1 fully saturated rings. The SMILES string of the molecule is CC(NC(=O)Nc1ccc(N)cc1)C1CC1. The Morgan fingerprint density at radius 1 is 1.38 bits per heavy atom. The second-order valence-electron chi connectivity index (χ2n) is 4.35. The predicted molar refractivity (Wildman–Crippen MR) is 65.2 cm³/mol. The van der Waals surface area contributed by atoms with E-state index in [1.54, 1.807) is 24.3 Å². The van der Waals surface area contributed by atoms with E-state index in [1.165, 1.54) is 12.8 Å². The highest BCUT2D eigenvalue weighted by Gasteiger charge is 2.28. The van der Waals surface area contributed by atoms with Gasteiger partial charge in [-0.2, -0.15) is 0 Å². The lowest BCUT2D eigenvalue weighted by atomic mass is 10.2. The fraction of sp³-hybridized carbons (Fsp3) is 0.417. The number of anilines is 2. The molecular weight excluding hydrogens is 202 g/mol. The number of benzene rings is 1. The summed E-state index contributed by atoms with van der Waals surface area (Å²) in [6, 6.07) is 7.21. The van der Waals surface area contributed by atoms with E-state index in [-0.39, 0.29) is 12.1 Å². The number of nitrogens with one attached hydrogen (secondary N) is 2. The zero-order valence-electron chi connectivity index (χ0n) is 9.36. The Hall–Kier alpha value is -1.71. The van der Waals surface area contributed by atoms with Crippen molar-refractivity contribution in [3.05, 3.63) is 24.3 Å². The Morgan fingerprint density at radius 2 is 2.00 bits per heavy atom. The van der Waals surface area contributed by atoms with Crippen molar-refractivity contribution in [3.8, 4) is 0 Å². The van der Waals surface area contributed by atoms with E-state index in [1.807, 2.05) is 6.92 Å². The molecule has 0 spiro atoms. The summed E-state index contributed by atoms with van der Waals surface area (Å²) in [5.74, 6) is 0.664. The first-order valence-electron chi connectivity index (χ1n) is 5.58. The van der Waals surface area contributed by atoms with Crippen molar-refractivity contribution >= 4 is 17.4 Å². The zero-order valence-corrected chi connectivity index (χ0v) is 9.36. The number of hydrogen-bond donors (Lipinski definition) is 3. The quantitative estimate of drug-likeness (QED) is 0.682. The maximum Gasteiger partial charge on any atom is 0.319 e. The highest BCUT2D eigenvalue weighted by Crippen LogP contribution is 2.32. The van der Waals surface area contributed by atoms with Crippen molar-refractivity contribution in [2.45, 2.75) is 25.8 Å². The van der Waals surface area contributed by atoms with Crippen LogP contribution in [0.5, 0.6) is 0 Å². The lowest BCUT2D eigenvalue weighted by Crippen LogP contribution is -2.37. The zero-order chi connectivity index (χ0) is 11.5. The Morgan fingerprint density at radius 3 is 2.56 bits per heavy atom. The van der Waals surface area contributed by atoms with Crippen LogP contribution in [0.2, 0.25) is 0 Å². The van der Waals surface area contributed by atoms with Gasteiger partial charge in [-0.15, -0.1) is 0 Å². The molecule has 0 radical (unpaired) electrons. The molecule has 1 atom stereocenters. The summed E-state index contributed by atoms with van der Waals surface area (Å²) in [6.07, 6.45) is 2.45. The molecule has 4 N–H and O–H groups in total. The van der Waals surface area contributed by atoms with Gasteiger partial charge in [0.1, 0.15) is 0 Å². The number of carbonyl (C=O) groups is 1. The molecule has 1 unspecified atom stereocenters. The standard InChI is InChI=1S/C12H17N3O/c1-8(9-2-3-9)14-12(16)15-11-6-4-10(13)5-7-11/h4-9H,2-3,13H2,1H3,(H2,14,15,16). The minimum absolute atomic E-state index is 0.149. The molecule has 1 aliphatic rings. The highest BCUT2D eigenvalue weighted by atomic mass is 16.2. The highest BCUT2D eigenvalue weighted by molar-refractivity contribution is 5.89. The second-order valence-corrected chi connectivity index (χ2v) is 4.35. The molecule has 2 amide bonds. The van der Waals surface area contributed by atoms with Crippen molar-refractivity contribution in [1.29, 1.82) is 0 Å². The Bertz CT molecular complexity index is 370. The van der Waals surface area contributed by atoms with Crippen LogP contribution in [0.1, 0.15) is 19.8 Å². The maximum atomic E-state index is 11.6. The monoisotopic (exact) mass is 219 g/mol. The van der Waals surface area contributed by atoms with Crippen molar-refractivity contribution in [2.75, 3.05) is 11.1 Å². The number of amides is 2. The third-order valence-corrected chi connectivity index (χ3v) is 2.86. The molecule has 0 heterocycles. The van der Waals surface area contributed by atoms with Crippen LogP contribution in [0.4, 0.5) is 16.2 Å². The van der Waals surface area contributed by atoms with Crippen molar-refractivity contribution < 1.29 is 4.79 Å². The molecule has 1 aromatic rings. The summed E-state index contributed by atoms with van der Waals surface area (Å²) in [5.41, 5.74) is 7.01. The topological polar surface area (TPSA) is 67.2 Å². The summed E-state index contributed by atoms with van der Waals surface area (Å²) in [4.78, 5) is 11.6. The maximum absolute atomic E-state index is 11.6. The number of hydrogen-bond acceptors (Lipinski definition) is 2. The lowest BCUT2D eigenvalue weighted by Gasteiger charge is -2.13. The molecule has 0 saturated heterocycles. The van der Waals surface area contributed by atoms with E-state index in [0.29, 0.717) is 11.6 Å². The van der Waals surface area contributed by atoms with Gasteiger partial charge in [-0.25, -0.2) is 4.79 Å². The normalized spacial score (nSPS) is 16.6. The van der Waals surface area contributed by atoms with Crippen molar-refractivity contribution in [3.63, 3.8) is 0 Å². The molecule has 1 aliphatic carbocycles. The molecule has 2 rings (SSSR count). The van der Waals surface area contributed by atoms with Crippen LogP contribution in [0, 0.1) is 5.92 Å². The van der Waals surface area contributed by atoms with Gasteiger partial charge in [-0.05, 0) is 49.9 Å². The Kier molecular flexibility index (Phi) is 2.99. The summed E-state index contributed by atoms with van der Waals surface area (Å²) in [7, 11) is 0. The summed E-state index contributed by atoms with van der Waals surface area (Å²) in [6.45, 7) is 2.04. The first kappa shape index (κ1) is 10.8. The number of urea groups is 1. The van der Waals surface area contributed by atoms with E-state index in [0.717, 1.165) is 5.69 Å². The molecule has 1 saturated carbocycles. The van der Waals surface area contributed by atoms with Crippen LogP contribution in [0.3, 0.4) is 0 Å². The van der Waals surface area contributed by atoms with Gasteiger partial charge in [0, 0.05) is 17.4 Å². The van der Waals surface area contributed by atoms with Crippen LogP contribution in [0.15, 0.2) is 24.3 Å². The molecule has 4 heteroatoms. The van der Waals surface area contributed by atoms with Gasteiger partial charge in [0.15, 0.2) is 0 Å². The van der Waals surface area contributed by atoms with Crippen molar-refractivity contribution in [2.24, 2.45) is 5.92 Å². The summed E-state index contributed by atoms with van der Waals surface area (Å²) >= 11 is 0. The van der Waals surface area contributed by atoms with Crippen LogP contribution < -0.4 is 16.4 Å². The van der Waals surface area contributed by atoms with Gasteiger partial charge in [-0.1, -0.05) is 0 Å². The minimum atomic E-state index is -0.149. The first-order chi connectivity index (χ1) is 7.65. The molecular formula is C12H17N3O. The predicted octanol–water partition coefficient (Wildman–Crippen LogP) is 2.19. The van der Waals surface area contributed by atoms with Gasteiger partial charge in [0.05, 0.1) is 0 Å². The van der Waals surface area contributed by atoms with Crippen LogP contribution in [-0.4, -0.2) is 12.1 Å². The average molecular weight is 219 g/mol. The molecule has 0 bridgehead atoms. The van der Waals surface area contributed by atoms with Crippen LogP contribution in [0.25, 0.3) is 0 Å². The third-order valence-electron chi connectivity index (χ3n) is 2.86. The number of nitrogen functional groups attached to an aromatic ring is 1. The smallest absolute Gasteiger partial charge is 0.319 e. The number of rotatable bonds is 3. The molecule has 0 aliphatic heterocycles. The fourth-order valence-electron chi connectivity index (χ4n) is 1.65. The number of nitrogens with two attached hydrogens (primary N) is 1. The van der Waals surface area contributed by atoms with E-state index in [9.17, 15) is 4.79 Å². The van der Waals surface area contributed by atoms with E-state index in [4.69, 9.17) is 5.73 Å². The van der Waals surface area contributed by atoms with Crippen molar-refractivity contribution in [1.82, 2.24) is 5.32 Å². The van der Waals surface area contributed by atoms with Gasteiger partial charge in [0.2, 0.25) is 0 Å². The lowest BCUT2D eigenvalue weighted by molar-refractivity contribution is 0.248. The minimum Gasteiger partial charge on any atom is -0.399 e. The molecule has 4 nitrogen and oxygen atoms in total. The van der Waals surface area contributed by atoms with E-state index in [2.05, 4.69) is 10.6 Å². The summed E-state index contributed by atoms with van der Waals surface area (Å²) in [5, 5.41) is 5.70. The van der Waals surface area contributed by atoms with Gasteiger partial charge in [0.25, 0.3) is 0 Å². The Labute approximate surface area is 95.2 Å². The van der Waals surface area contributed by atoms with Gasteiger partial charge >= 0.3 is 6.03 Å². The van der Waals surface area contributed by atoms with Crippen LogP contribution >= 0.6 is 0 Å². The molecule has 0 aromatic heterocycles.